The molecule has 0 heterocycles. The van der Waals surface area contributed by atoms with Crippen molar-refractivity contribution in [2.24, 2.45) is 11.7 Å². The van der Waals surface area contributed by atoms with E-state index in [-0.39, 0.29) is 6.04 Å². The maximum atomic E-state index is 5.94. The van der Waals surface area contributed by atoms with Gasteiger partial charge < -0.3 is 10.5 Å². The molecule has 0 amide bonds. The number of para-hydroxylation sites is 1. The van der Waals surface area contributed by atoms with Crippen LogP contribution in [0.2, 0.25) is 0 Å². The number of halogens is 1. The fraction of sp³-hybridized carbons (Fsp3) is 0.455. The molecule has 14 heavy (non-hydrogen) atoms. The Morgan fingerprint density at radius 2 is 2.14 bits per heavy atom. The molecule has 1 atom stereocenters. The van der Waals surface area contributed by atoms with Crippen LogP contribution in [0.25, 0.3) is 0 Å². The van der Waals surface area contributed by atoms with Crippen LogP contribution >= 0.6 is 15.9 Å². The number of benzene rings is 1. The molecule has 2 N–H and O–H groups in total. The van der Waals surface area contributed by atoms with Gasteiger partial charge in [0.15, 0.2) is 0 Å². The van der Waals surface area contributed by atoms with Crippen molar-refractivity contribution in [1.29, 1.82) is 0 Å². The van der Waals surface area contributed by atoms with Crippen molar-refractivity contribution in [2.75, 3.05) is 6.61 Å². The second-order valence-corrected chi connectivity index (χ2v) is 4.60. The van der Waals surface area contributed by atoms with E-state index in [1.165, 1.54) is 12.8 Å². The number of hydrogen-bond donors (Lipinski definition) is 1. The standard InChI is InChI=1S/C11H14BrNO/c12-9-3-1-2-4-11(9)14-7-10(13)8-5-6-8/h1-4,8,10H,5-7,13H2. The highest BCUT2D eigenvalue weighted by molar-refractivity contribution is 9.10. The normalized spacial score (nSPS) is 17.9. The summed E-state index contributed by atoms with van der Waals surface area (Å²) in [5.41, 5.74) is 5.94. The van der Waals surface area contributed by atoms with Crippen molar-refractivity contribution in [2.45, 2.75) is 18.9 Å². The highest BCUT2D eigenvalue weighted by Crippen LogP contribution is 2.32. The Kier molecular flexibility index (Phi) is 3.08. The molecule has 0 spiro atoms. The van der Waals surface area contributed by atoms with Gasteiger partial charge in [-0.1, -0.05) is 12.1 Å². The fourth-order valence-corrected chi connectivity index (χ4v) is 1.81. The Balaban J connectivity index is 1.87. The lowest BCUT2D eigenvalue weighted by atomic mass is 10.2. The molecule has 1 aromatic rings. The minimum atomic E-state index is 0.196. The van der Waals surface area contributed by atoms with Gasteiger partial charge in [-0.3, -0.25) is 0 Å². The van der Waals surface area contributed by atoms with Gasteiger partial charge in [0.1, 0.15) is 12.4 Å². The third kappa shape index (κ3) is 2.49. The van der Waals surface area contributed by atoms with E-state index in [0.29, 0.717) is 12.5 Å². The number of nitrogens with two attached hydrogens (primary N) is 1. The zero-order valence-electron chi connectivity index (χ0n) is 7.95. The van der Waals surface area contributed by atoms with Gasteiger partial charge in [0.2, 0.25) is 0 Å². The van der Waals surface area contributed by atoms with Crippen molar-refractivity contribution < 1.29 is 4.74 Å². The molecule has 1 unspecified atom stereocenters. The monoisotopic (exact) mass is 255 g/mol. The quantitative estimate of drug-likeness (QED) is 0.898. The van der Waals surface area contributed by atoms with Gasteiger partial charge in [-0.2, -0.15) is 0 Å². The van der Waals surface area contributed by atoms with Crippen LogP contribution in [0.1, 0.15) is 12.8 Å². The molecule has 1 saturated carbocycles. The van der Waals surface area contributed by atoms with E-state index < -0.39 is 0 Å². The Morgan fingerprint density at radius 3 is 2.79 bits per heavy atom. The first-order valence-electron chi connectivity index (χ1n) is 4.90. The lowest BCUT2D eigenvalue weighted by molar-refractivity contribution is 0.274. The summed E-state index contributed by atoms with van der Waals surface area (Å²) in [6.45, 7) is 0.618. The van der Waals surface area contributed by atoms with Gasteiger partial charge >= 0.3 is 0 Å². The van der Waals surface area contributed by atoms with Crippen LogP contribution in [0.4, 0.5) is 0 Å². The molecule has 2 nitrogen and oxygen atoms in total. The predicted octanol–water partition coefficient (Wildman–Crippen LogP) is 2.57. The summed E-state index contributed by atoms with van der Waals surface area (Å²) >= 11 is 3.43. The van der Waals surface area contributed by atoms with Crippen molar-refractivity contribution in [3.8, 4) is 5.75 Å². The lowest BCUT2D eigenvalue weighted by Crippen LogP contribution is -2.29. The molecule has 76 valence electrons. The van der Waals surface area contributed by atoms with Crippen molar-refractivity contribution in [3.63, 3.8) is 0 Å². The molecule has 1 aliphatic carbocycles. The maximum absolute atomic E-state index is 5.94. The summed E-state index contributed by atoms with van der Waals surface area (Å²) in [6.07, 6.45) is 2.53. The first-order chi connectivity index (χ1) is 6.77. The molecule has 0 bridgehead atoms. The van der Waals surface area contributed by atoms with Crippen LogP contribution in [-0.4, -0.2) is 12.6 Å². The number of ether oxygens (including phenoxy) is 1. The Hall–Kier alpha value is -0.540. The Labute approximate surface area is 92.6 Å². The van der Waals surface area contributed by atoms with Gasteiger partial charge in [-0.25, -0.2) is 0 Å². The molecule has 0 aliphatic heterocycles. The topological polar surface area (TPSA) is 35.2 Å². The number of hydrogen-bond acceptors (Lipinski definition) is 2. The molecule has 2 rings (SSSR count). The van der Waals surface area contributed by atoms with Crippen LogP contribution in [0.15, 0.2) is 28.7 Å². The van der Waals surface area contributed by atoms with Gasteiger partial charge in [0.25, 0.3) is 0 Å². The second-order valence-electron chi connectivity index (χ2n) is 3.74. The van der Waals surface area contributed by atoms with Crippen LogP contribution in [0, 0.1) is 5.92 Å². The van der Waals surface area contributed by atoms with Crippen LogP contribution in [0.3, 0.4) is 0 Å². The summed E-state index contributed by atoms with van der Waals surface area (Å²) in [5.74, 6) is 1.57. The maximum Gasteiger partial charge on any atom is 0.133 e. The first kappa shape index (κ1) is 9.99. The van der Waals surface area contributed by atoms with Crippen LogP contribution in [0.5, 0.6) is 5.75 Å². The van der Waals surface area contributed by atoms with E-state index in [2.05, 4.69) is 15.9 Å². The summed E-state index contributed by atoms with van der Waals surface area (Å²) in [6, 6.07) is 8.05. The summed E-state index contributed by atoms with van der Waals surface area (Å²) < 4.78 is 6.62. The average Bonchev–Trinajstić information content (AvgIpc) is 2.99. The van der Waals surface area contributed by atoms with Crippen LogP contribution in [-0.2, 0) is 0 Å². The van der Waals surface area contributed by atoms with Gasteiger partial charge in [0.05, 0.1) is 4.47 Å². The summed E-state index contributed by atoms with van der Waals surface area (Å²) in [7, 11) is 0. The highest BCUT2D eigenvalue weighted by Gasteiger charge is 2.28. The van der Waals surface area contributed by atoms with E-state index in [1.807, 2.05) is 24.3 Å². The number of rotatable bonds is 4. The minimum Gasteiger partial charge on any atom is -0.491 e. The third-order valence-electron chi connectivity index (χ3n) is 2.50. The average molecular weight is 256 g/mol. The van der Waals surface area contributed by atoms with Crippen molar-refractivity contribution in [3.05, 3.63) is 28.7 Å². The Bertz CT molecular complexity index is 312. The summed E-state index contributed by atoms with van der Waals surface area (Å²) in [5, 5.41) is 0. The van der Waals surface area contributed by atoms with Crippen LogP contribution < -0.4 is 10.5 Å². The molecule has 1 aromatic carbocycles. The third-order valence-corrected chi connectivity index (χ3v) is 3.15. The highest BCUT2D eigenvalue weighted by atomic mass is 79.9. The molecule has 1 fully saturated rings. The minimum absolute atomic E-state index is 0.196. The second kappa shape index (κ2) is 4.32. The van der Waals surface area contributed by atoms with E-state index >= 15 is 0 Å². The van der Waals surface area contributed by atoms with E-state index in [9.17, 15) is 0 Å². The molecular weight excluding hydrogens is 242 g/mol. The van der Waals surface area contributed by atoms with E-state index in [4.69, 9.17) is 10.5 Å². The van der Waals surface area contributed by atoms with E-state index in [1.54, 1.807) is 0 Å². The van der Waals surface area contributed by atoms with Gasteiger partial charge in [0, 0.05) is 6.04 Å². The zero-order chi connectivity index (χ0) is 9.97. The van der Waals surface area contributed by atoms with Crippen molar-refractivity contribution in [1.82, 2.24) is 0 Å². The molecule has 3 heteroatoms. The molecular formula is C11H14BrNO. The summed E-state index contributed by atoms with van der Waals surface area (Å²) in [4.78, 5) is 0. The lowest BCUT2D eigenvalue weighted by Gasteiger charge is -2.12. The SMILES string of the molecule is NC(COc1ccccc1Br)C1CC1. The van der Waals surface area contributed by atoms with Crippen molar-refractivity contribution >= 4 is 15.9 Å². The molecule has 1 aliphatic rings. The zero-order valence-corrected chi connectivity index (χ0v) is 9.53. The van der Waals surface area contributed by atoms with Gasteiger partial charge in [-0.05, 0) is 46.8 Å². The smallest absolute Gasteiger partial charge is 0.133 e. The molecule has 0 aromatic heterocycles. The molecule has 0 radical (unpaired) electrons. The fourth-order valence-electron chi connectivity index (χ4n) is 1.41. The predicted molar refractivity (Wildman–Crippen MR) is 60.3 cm³/mol. The molecule has 0 saturated heterocycles. The first-order valence-corrected chi connectivity index (χ1v) is 5.69. The van der Waals surface area contributed by atoms with Gasteiger partial charge in [-0.15, -0.1) is 0 Å². The Morgan fingerprint density at radius 1 is 1.43 bits per heavy atom. The largest absolute Gasteiger partial charge is 0.491 e. The van der Waals surface area contributed by atoms with E-state index in [0.717, 1.165) is 10.2 Å².